The monoisotopic (exact) mass is 234 g/mol. The Kier molecular flexibility index (Phi) is 3.31. The van der Waals surface area contributed by atoms with Crippen molar-refractivity contribution in [3.63, 3.8) is 0 Å². The number of benzene rings is 1. The lowest BCUT2D eigenvalue weighted by atomic mass is 10.2. The second kappa shape index (κ2) is 4.89. The standard InChI is InChI=1S/C10H10N4OS/c1-14-12-10(11-13-14)7-16-9-4-2-8(6-15)3-5-9/h2-6H,7H2,1H3. The number of rotatable bonds is 4. The second-order valence-corrected chi connectivity index (χ2v) is 4.22. The zero-order valence-corrected chi connectivity index (χ0v) is 9.52. The van der Waals surface area contributed by atoms with Crippen LogP contribution in [-0.4, -0.2) is 26.5 Å². The molecule has 2 rings (SSSR count). The molecule has 1 heterocycles. The summed E-state index contributed by atoms with van der Waals surface area (Å²) in [7, 11) is 1.74. The van der Waals surface area contributed by atoms with Crippen LogP contribution in [0.25, 0.3) is 0 Å². The number of carbonyl (C=O) groups excluding carboxylic acids is 1. The number of thioether (sulfide) groups is 1. The summed E-state index contributed by atoms with van der Waals surface area (Å²) in [6, 6.07) is 7.40. The summed E-state index contributed by atoms with van der Waals surface area (Å²) in [5.74, 6) is 1.38. The summed E-state index contributed by atoms with van der Waals surface area (Å²) < 4.78 is 0. The van der Waals surface area contributed by atoms with Gasteiger partial charge in [0.15, 0.2) is 5.82 Å². The Morgan fingerprint density at radius 2 is 2.12 bits per heavy atom. The van der Waals surface area contributed by atoms with Gasteiger partial charge >= 0.3 is 0 Å². The van der Waals surface area contributed by atoms with Gasteiger partial charge in [-0.15, -0.1) is 22.0 Å². The van der Waals surface area contributed by atoms with Crippen LogP contribution in [0.3, 0.4) is 0 Å². The molecule has 0 aliphatic carbocycles. The van der Waals surface area contributed by atoms with Gasteiger partial charge in [0, 0.05) is 10.5 Å². The quantitative estimate of drug-likeness (QED) is 0.589. The molecule has 0 fully saturated rings. The minimum Gasteiger partial charge on any atom is -0.298 e. The summed E-state index contributed by atoms with van der Waals surface area (Å²) in [5.41, 5.74) is 0.682. The summed E-state index contributed by atoms with van der Waals surface area (Å²) >= 11 is 1.61. The molecule has 0 radical (unpaired) electrons. The minimum atomic E-state index is 0.675. The summed E-state index contributed by atoms with van der Waals surface area (Å²) in [5, 5.41) is 11.7. The van der Waals surface area contributed by atoms with E-state index in [0.29, 0.717) is 17.1 Å². The van der Waals surface area contributed by atoms with Crippen molar-refractivity contribution in [2.75, 3.05) is 0 Å². The molecule has 0 atom stereocenters. The number of carbonyl (C=O) groups is 1. The maximum atomic E-state index is 10.5. The molecule has 0 bridgehead atoms. The first kappa shape index (κ1) is 10.8. The largest absolute Gasteiger partial charge is 0.298 e. The average Bonchev–Trinajstić information content (AvgIpc) is 2.73. The third-order valence-electron chi connectivity index (χ3n) is 1.93. The van der Waals surface area contributed by atoms with Gasteiger partial charge in [-0.1, -0.05) is 12.1 Å². The Bertz CT molecular complexity index is 480. The van der Waals surface area contributed by atoms with Crippen molar-refractivity contribution < 1.29 is 4.79 Å². The minimum absolute atomic E-state index is 0.675. The Balaban J connectivity index is 1.96. The van der Waals surface area contributed by atoms with Crippen molar-refractivity contribution in [3.8, 4) is 0 Å². The van der Waals surface area contributed by atoms with Crippen LogP contribution in [0.2, 0.25) is 0 Å². The number of aromatic nitrogens is 4. The summed E-state index contributed by atoms with van der Waals surface area (Å²) in [4.78, 5) is 13.0. The zero-order valence-electron chi connectivity index (χ0n) is 8.70. The Labute approximate surface area is 96.9 Å². The molecule has 0 saturated carbocycles. The predicted molar refractivity (Wildman–Crippen MR) is 60.2 cm³/mol. The van der Waals surface area contributed by atoms with E-state index in [-0.39, 0.29) is 0 Å². The van der Waals surface area contributed by atoms with Gasteiger partial charge in [-0.3, -0.25) is 4.79 Å². The van der Waals surface area contributed by atoms with Crippen molar-refractivity contribution in [3.05, 3.63) is 35.7 Å². The molecule has 6 heteroatoms. The van der Waals surface area contributed by atoms with Gasteiger partial charge in [0.05, 0.1) is 12.8 Å². The van der Waals surface area contributed by atoms with Crippen LogP contribution in [0.1, 0.15) is 16.2 Å². The number of hydrogen-bond acceptors (Lipinski definition) is 5. The molecular formula is C10H10N4OS. The van der Waals surface area contributed by atoms with E-state index in [1.165, 1.54) is 4.80 Å². The number of hydrogen-bond donors (Lipinski definition) is 0. The van der Waals surface area contributed by atoms with E-state index in [2.05, 4.69) is 15.4 Å². The maximum absolute atomic E-state index is 10.5. The molecule has 0 spiro atoms. The van der Waals surface area contributed by atoms with E-state index in [4.69, 9.17) is 0 Å². The second-order valence-electron chi connectivity index (χ2n) is 3.17. The molecule has 0 aliphatic rings. The van der Waals surface area contributed by atoms with Gasteiger partial charge in [-0.05, 0) is 17.3 Å². The first-order valence-electron chi connectivity index (χ1n) is 4.69. The van der Waals surface area contributed by atoms with Crippen molar-refractivity contribution in [1.29, 1.82) is 0 Å². The van der Waals surface area contributed by atoms with Crippen LogP contribution in [0.4, 0.5) is 0 Å². The van der Waals surface area contributed by atoms with E-state index in [0.717, 1.165) is 11.2 Å². The van der Waals surface area contributed by atoms with Gasteiger partial charge in [0.2, 0.25) is 0 Å². The lowest BCUT2D eigenvalue weighted by Gasteiger charge is -1.98. The van der Waals surface area contributed by atoms with Crippen molar-refractivity contribution in [2.45, 2.75) is 10.6 Å². The van der Waals surface area contributed by atoms with Crippen LogP contribution in [0.5, 0.6) is 0 Å². The number of nitrogens with zero attached hydrogens (tertiary/aromatic N) is 4. The first-order chi connectivity index (χ1) is 7.78. The zero-order chi connectivity index (χ0) is 11.4. The third kappa shape index (κ3) is 2.66. The third-order valence-corrected chi connectivity index (χ3v) is 2.94. The summed E-state index contributed by atoms with van der Waals surface area (Å²) in [6.07, 6.45) is 0.832. The highest BCUT2D eigenvalue weighted by molar-refractivity contribution is 7.98. The number of tetrazole rings is 1. The van der Waals surface area contributed by atoms with E-state index in [1.54, 1.807) is 30.9 Å². The fourth-order valence-corrected chi connectivity index (χ4v) is 1.91. The fourth-order valence-electron chi connectivity index (χ4n) is 1.17. The Morgan fingerprint density at radius 1 is 1.38 bits per heavy atom. The SMILES string of the molecule is Cn1nnc(CSc2ccc(C=O)cc2)n1. The fraction of sp³-hybridized carbons (Fsp3) is 0.200. The Morgan fingerprint density at radius 3 is 2.69 bits per heavy atom. The van der Waals surface area contributed by atoms with E-state index in [1.807, 2.05) is 12.1 Å². The summed E-state index contributed by atoms with van der Waals surface area (Å²) in [6.45, 7) is 0. The van der Waals surface area contributed by atoms with Gasteiger partial charge in [-0.25, -0.2) is 0 Å². The highest BCUT2D eigenvalue weighted by atomic mass is 32.2. The van der Waals surface area contributed by atoms with Crippen LogP contribution in [0.15, 0.2) is 29.2 Å². The lowest BCUT2D eigenvalue weighted by Crippen LogP contribution is -1.92. The molecule has 0 unspecified atom stereocenters. The molecule has 5 nitrogen and oxygen atoms in total. The molecule has 1 aromatic heterocycles. The first-order valence-corrected chi connectivity index (χ1v) is 5.67. The van der Waals surface area contributed by atoms with Crippen molar-refractivity contribution in [1.82, 2.24) is 20.2 Å². The lowest BCUT2D eigenvalue weighted by molar-refractivity contribution is 0.112. The number of aryl methyl sites for hydroxylation is 1. The topological polar surface area (TPSA) is 60.7 Å². The normalized spacial score (nSPS) is 10.3. The molecule has 2 aromatic rings. The molecule has 1 aromatic carbocycles. The van der Waals surface area contributed by atoms with Crippen LogP contribution >= 0.6 is 11.8 Å². The average molecular weight is 234 g/mol. The van der Waals surface area contributed by atoms with Crippen LogP contribution in [-0.2, 0) is 12.8 Å². The number of aldehydes is 1. The molecular weight excluding hydrogens is 224 g/mol. The van der Waals surface area contributed by atoms with Crippen LogP contribution in [0, 0.1) is 0 Å². The highest BCUT2D eigenvalue weighted by Crippen LogP contribution is 2.20. The molecule has 0 amide bonds. The maximum Gasteiger partial charge on any atom is 0.184 e. The van der Waals surface area contributed by atoms with Gasteiger partial charge in [0.1, 0.15) is 6.29 Å². The Hall–Kier alpha value is -1.69. The molecule has 16 heavy (non-hydrogen) atoms. The molecule has 0 aliphatic heterocycles. The van der Waals surface area contributed by atoms with Crippen molar-refractivity contribution in [2.24, 2.45) is 7.05 Å². The van der Waals surface area contributed by atoms with E-state index in [9.17, 15) is 4.79 Å². The van der Waals surface area contributed by atoms with E-state index < -0.39 is 0 Å². The van der Waals surface area contributed by atoms with Gasteiger partial charge < -0.3 is 0 Å². The van der Waals surface area contributed by atoms with Crippen molar-refractivity contribution >= 4 is 18.0 Å². The predicted octanol–water partition coefficient (Wildman–Crippen LogP) is 1.31. The molecule has 0 saturated heterocycles. The van der Waals surface area contributed by atoms with Gasteiger partial charge in [-0.2, -0.15) is 4.80 Å². The molecule has 82 valence electrons. The van der Waals surface area contributed by atoms with E-state index >= 15 is 0 Å². The van der Waals surface area contributed by atoms with Crippen LogP contribution < -0.4 is 0 Å². The molecule has 0 N–H and O–H groups in total. The van der Waals surface area contributed by atoms with Gasteiger partial charge in [0.25, 0.3) is 0 Å². The highest BCUT2D eigenvalue weighted by Gasteiger charge is 2.01. The smallest absolute Gasteiger partial charge is 0.184 e.